The van der Waals surface area contributed by atoms with Crippen LogP contribution in [-0.2, 0) is 4.79 Å². The highest BCUT2D eigenvalue weighted by atomic mass is 35.5. The first-order valence-corrected chi connectivity index (χ1v) is 11.4. The van der Waals surface area contributed by atoms with Crippen molar-refractivity contribution in [1.29, 1.82) is 0 Å². The second-order valence-corrected chi connectivity index (χ2v) is 8.25. The number of halogens is 5. The fourth-order valence-electron chi connectivity index (χ4n) is 3.18. The van der Waals surface area contributed by atoms with Crippen LogP contribution in [0.1, 0.15) is 22.8 Å². The van der Waals surface area contributed by atoms with Crippen LogP contribution in [0, 0.1) is 30.2 Å². The summed E-state index contributed by atoms with van der Waals surface area (Å²) < 4.78 is 55.7. The molecule has 0 atom stereocenters. The number of carbonyl (C=O) groups is 2. The minimum absolute atomic E-state index is 0.0498. The molecule has 0 bridgehead atoms. The molecule has 0 fully saturated rings. The molecule has 0 unspecified atom stereocenters. The summed E-state index contributed by atoms with van der Waals surface area (Å²) in [6, 6.07) is 8.39. The van der Waals surface area contributed by atoms with Gasteiger partial charge in [0.05, 0.1) is 0 Å². The molecule has 0 aliphatic carbocycles. The van der Waals surface area contributed by atoms with E-state index >= 15 is 0 Å². The maximum Gasteiger partial charge on any atom is 0.257 e. The standard InChI is InChI=1S/C24H23ClF4N6O2/c1-12-19(26)21(28)18(22(29)20(12)27)24(37)33-10-9-32-17-11-16(31-8-7-30-13(2)36)34-23(35-17)14-3-5-15(25)6-4-14/h3-6,11H,7-10H2,1-2H3,(H,30,36)(H,33,37)(H2,31,32,34,35). The van der Waals surface area contributed by atoms with Crippen molar-refractivity contribution in [2.24, 2.45) is 0 Å². The predicted molar refractivity (Wildman–Crippen MR) is 131 cm³/mol. The molecule has 13 heteroatoms. The molecule has 0 saturated carbocycles. The summed E-state index contributed by atoms with van der Waals surface area (Å²) in [5.74, 6) is -7.13. The molecule has 2 aromatic carbocycles. The second-order valence-electron chi connectivity index (χ2n) is 7.82. The zero-order chi connectivity index (χ0) is 27.1. The monoisotopic (exact) mass is 538 g/mol. The first-order chi connectivity index (χ1) is 17.6. The number of nitrogens with zero attached hydrogens (tertiary/aromatic N) is 2. The Bertz CT molecular complexity index is 1280. The summed E-state index contributed by atoms with van der Waals surface area (Å²) in [6.45, 7) is 2.91. The van der Waals surface area contributed by atoms with Gasteiger partial charge in [-0.05, 0) is 31.2 Å². The van der Waals surface area contributed by atoms with Crippen molar-refractivity contribution in [3.05, 3.63) is 69.8 Å². The fourth-order valence-corrected chi connectivity index (χ4v) is 3.31. The summed E-state index contributed by atoms with van der Waals surface area (Å²) in [5.41, 5.74) is -1.52. The van der Waals surface area contributed by atoms with Gasteiger partial charge in [0.25, 0.3) is 5.91 Å². The van der Waals surface area contributed by atoms with Gasteiger partial charge in [0, 0.05) is 55.3 Å². The predicted octanol–water partition coefficient (Wildman–Crippen LogP) is 4.05. The number of hydrogen-bond donors (Lipinski definition) is 4. The van der Waals surface area contributed by atoms with Crippen molar-refractivity contribution >= 4 is 35.1 Å². The van der Waals surface area contributed by atoms with Gasteiger partial charge in [-0.25, -0.2) is 27.5 Å². The second kappa shape index (κ2) is 12.3. The molecule has 37 heavy (non-hydrogen) atoms. The molecular weight excluding hydrogens is 516 g/mol. The molecule has 0 aliphatic rings. The number of benzene rings is 2. The summed E-state index contributed by atoms with van der Waals surface area (Å²) in [7, 11) is 0. The van der Waals surface area contributed by atoms with Crippen LogP contribution in [0.2, 0.25) is 5.02 Å². The van der Waals surface area contributed by atoms with E-state index in [9.17, 15) is 27.2 Å². The number of hydrogen-bond acceptors (Lipinski definition) is 6. The zero-order valence-corrected chi connectivity index (χ0v) is 20.6. The third-order valence-electron chi connectivity index (χ3n) is 5.06. The van der Waals surface area contributed by atoms with Gasteiger partial charge in [-0.2, -0.15) is 0 Å². The van der Waals surface area contributed by atoms with Gasteiger partial charge in [-0.3, -0.25) is 9.59 Å². The quantitative estimate of drug-likeness (QED) is 0.176. The third-order valence-corrected chi connectivity index (χ3v) is 5.31. The van der Waals surface area contributed by atoms with Gasteiger partial charge in [0.15, 0.2) is 29.1 Å². The van der Waals surface area contributed by atoms with E-state index in [0.717, 1.165) is 6.92 Å². The van der Waals surface area contributed by atoms with E-state index in [4.69, 9.17) is 11.6 Å². The normalized spacial score (nSPS) is 10.7. The van der Waals surface area contributed by atoms with Crippen LogP contribution in [-0.4, -0.2) is 48.0 Å². The van der Waals surface area contributed by atoms with E-state index in [1.165, 1.54) is 6.92 Å². The molecule has 4 N–H and O–H groups in total. The topological polar surface area (TPSA) is 108 Å². The van der Waals surface area contributed by atoms with Crippen LogP contribution in [0.25, 0.3) is 11.4 Å². The molecule has 1 heterocycles. The van der Waals surface area contributed by atoms with Gasteiger partial charge in [-0.15, -0.1) is 0 Å². The Morgan fingerprint density at radius 3 is 1.84 bits per heavy atom. The maximum atomic E-state index is 14.1. The molecule has 196 valence electrons. The molecule has 1 aromatic heterocycles. The van der Waals surface area contributed by atoms with Crippen LogP contribution in [0.3, 0.4) is 0 Å². The lowest BCUT2D eigenvalue weighted by Crippen LogP contribution is -2.31. The Balaban J connectivity index is 1.69. The first kappa shape index (κ1) is 27.7. The highest BCUT2D eigenvalue weighted by molar-refractivity contribution is 6.30. The number of anilines is 2. The number of rotatable bonds is 10. The van der Waals surface area contributed by atoms with Crippen LogP contribution >= 0.6 is 11.6 Å². The Kier molecular flexibility index (Phi) is 9.23. The average Bonchev–Trinajstić information content (AvgIpc) is 2.87. The third kappa shape index (κ3) is 7.06. The van der Waals surface area contributed by atoms with E-state index in [2.05, 4.69) is 31.2 Å². The molecule has 0 saturated heterocycles. The highest BCUT2D eigenvalue weighted by Crippen LogP contribution is 2.24. The first-order valence-electron chi connectivity index (χ1n) is 11.1. The van der Waals surface area contributed by atoms with E-state index < -0.39 is 40.3 Å². The van der Waals surface area contributed by atoms with E-state index in [1.54, 1.807) is 30.3 Å². The molecule has 0 spiro atoms. The molecule has 3 aromatic rings. The highest BCUT2D eigenvalue weighted by Gasteiger charge is 2.27. The number of carbonyl (C=O) groups excluding carboxylic acids is 2. The van der Waals surface area contributed by atoms with Gasteiger partial charge < -0.3 is 21.3 Å². The molecule has 8 nitrogen and oxygen atoms in total. The lowest BCUT2D eigenvalue weighted by atomic mass is 10.1. The van der Waals surface area contributed by atoms with Gasteiger partial charge >= 0.3 is 0 Å². The van der Waals surface area contributed by atoms with Crippen molar-refractivity contribution in [2.45, 2.75) is 13.8 Å². The van der Waals surface area contributed by atoms with Crippen molar-refractivity contribution in [2.75, 3.05) is 36.8 Å². The molecule has 3 rings (SSSR count). The largest absolute Gasteiger partial charge is 0.368 e. The van der Waals surface area contributed by atoms with Gasteiger partial charge in [0.2, 0.25) is 5.91 Å². The number of aromatic nitrogens is 2. The van der Waals surface area contributed by atoms with Crippen molar-refractivity contribution in [3.63, 3.8) is 0 Å². The Hall–Kier alpha value is -3.93. The average molecular weight is 539 g/mol. The van der Waals surface area contributed by atoms with E-state index in [-0.39, 0.29) is 19.0 Å². The van der Waals surface area contributed by atoms with Crippen molar-refractivity contribution < 1.29 is 27.2 Å². The minimum Gasteiger partial charge on any atom is -0.368 e. The Labute approximate surface area is 214 Å². The van der Waals surface area contributed by atoms with Crippen molar-refractivity contribution in [3.8, 4) is 11.4 Å². The van der Waals surface area contributed by atoms with Crippen LogP contribution < -0.4 is 21.3 Å². The SMILES string of the molecule is CC(=O)NCCNc1cc(NCCNC(=O)c2c(F)c(F)c(C)c(F)c2F)nc(-c2ccc(Cl)cc2)n1. The Morgan fingerprint density at radius 1 is 0.811 bits per heavy atom. The molecule has 2 amide bonds. The lowest BCUT2D eigenvalue weighted by molar-refractivity contribution is -0.118. The van der Waals surface area contributed by atoms with Crippen LogP contribution in [0.15, 0.2) is 30.3 Å². The van der Waals surface area contributed by atoms with E-state index in [1.807, 2.05) is 0 Å². The van der Waals surface area contributed by atoms with Crippen LogP contribution in [0.5, 0.6) is 0 Å². The Morgan fingerprint density at radius 2 is 1.32 bits per heavy atom. The fraction of sp³-hybridized carbons (Fsp3) is 0.250. The molecular formula is C24H23ClF4N6O2. The van der Waals surface area contributed by atoms with E-state index in [0.29, 0.717) is 41.1 Å². The molecule has 0 radical (unpaired) electrons. The van der Waals surface area contributed by atoms with Gasteiger partial charge in [-0.1, -0.05) is 11.6 Å². The minimum atomic E-state index is -1.76. The summed E-state index contributed by atoms with van der Waals surface area (Å²) in [6.07, 6.45) is 0. The number of nitrogens with one attached hydrogen (secondary N) is 4. The number of amides is 2. The van der Waals surface area contributed by atoms with Crippen molar-refractivity contribution in [1.82, 2.24) is 20.6 Å². The summed E-state index contributed by atoms with van der Waals surface area (Å²) in [4.78, 5) is 32.1. The summed E-state index contributed by atoms with van der Waals surface area (Å²) in [5, 5.41) is 11.4. The molecule has 0 aliphatic heterocycles. The maximum absolute atomic E-state index is 14.1. The van der Waals surface area contributed by atoms with Gasteiger partial charge in [0.1, 0.15) is 17.2 Å². The smallest absolute Gasteiger partial charge is 0.257 e. The summed E-state index contributed by atoms with van der Waals surface area (Å²) >= 11 is 5.95. The zero-order valence-electron chi connectivity index (χ0n) is 19.8. The lowest BCUT2D eigenvalue weighted by Gasteiger charge is -2.13. The van der Waals surface area contributed by atoms with Crippen LogP contribution in [0.4, 0.5) is 29.2 Å².